The highest BCUT2D eigenvalue weighted by molar-refractivity contribution is 5.90. The van der Waals surface area contributed by atoms with Crippen LogP contribution in [0.2, 0.25) is 0 Å². The lowest BCUT2D eigenvalue weighted by Gasteiger charge is -2.28. The van der Waals surface area contributed by atoms with E-state index in [1.807, 2.05) is 24.3 Å². The van der Waals surface area contributed by atoms with Gasteiger partial charge in [0.05, 0.1) is 18.7 Å². The van der Waals surface area contributed by atoms with Crippen LogP contribution in [0.25, 0.3) is 10.9 Å². The molecule has 1 N–H and O–H groups in total. The maximum atomic E-state index is 5.40. The van der Waals surface area contributed by atoms with Crippen LogP contribution in [0.15, 0.2) is 54.9 Å². The second kappa shape index (κ2) is 6.22. The summed E-state index contributed by atoms with van der Waals surface area (Å²) in [5.74, 6) is 0.828. The average molecular weight is 306 g/mol. The van der Waals surface area contributed by atoms with Crippen LogP contribution in [0.1, 0.15) is 0 Å². The van der Waals surface area contributed by atoms with Gasteiger partial charge in [0.1, 0.15) is 12.1 Å². The van der Waals surface area contributed by atoms with Gasteiger partial charge in [0.25, 0.3) is 0 Å². The summed E-state index contributed by atoms with van der Waals surface area (Å²) in [7, 11) is 0. The van der Waals surface area contributed by atoms with Crippen LogP contribution >= 0.6 is 0 Å². The number of benzene rings is 2. The van der Waals surface area contributed by atoms with Gasteiger partial charge < -0.3 is 15.0 Å². The molecule has 0 amide bonds. The molecule has 116 valence electrons. The number of hydrogen-bond donors (Lipinski definition) is 1. The van der Waals surface area contributed by atoms with E-state index in [4.69, 9.17) is 4.74 Å². The summed E-state index contributed by atoms with van der Waals surface area (Å²) >= 11 is 0. The molecule has 3 aromatic rings. The lowest BCUT2D eigenvalue weighted by molar-refractivity contribution is 0.122. The quantitative estimate of drug-likeness (QED) is 0.805. The number of para-hydroxylation sites is 1. The lowest BCUT2D eigenvalue weighted by Crippen LogP contribution is -2.36. The maximum Gasteiger partial charge on any atom is 0.141 e. The van der Waals surface area contributed by atoms with E-state index in [1.165, 1.54) is 5.69 Å². The van der Waals surface area contributed by atoms with Crippen molar-refractivity contribution in [1.29, 1.82) is 0 Å². The highest BCUT2D eigenvalue weighted by Crippen LogP contribution is 2.24. The minimum absolute atomic E-state index is 0.799. The number of nitrogens with one attached hydrogen (secondary N) is 1. The molecular weight excluding hydrogens is 288 g/mol. The van der Waals surface area contributed by atoms with Gasteiger partial charge in [-0.1, -0.05) is 12.1 Å². The zero-order valence-electron chi connectivity index (χ0n) is 12.8. The Morgan fingerprint density at radius 3 is 2.52 bits per heavy atom. The van der Waals surface area contributed by atoms with Gasteiger partial charge in [-0.15, -0.1) is 0 Å². The molecule has 2 aromatic carbocycles. The van der Waals surface area contributed by atoms with Crippen molar-refractivity contribution in [3.05, 3.63) is 54.9 Å². The topological polar surface area (TPSA) is 50.3 Å². The number of nitrogens with zero attached hydrogens (tertiary/aromatic N) is 3. The van der Waals surface area contributed by atoms with Crippen LogP contribution in [0.4, 0.5) is 17.2 Å². The molecule has 0 spiro atoms. The summed E-state index contributed by atoms with van der Waals surface area (Å²) in [6.07, 6.45) is 1.59. The molecule has 0 bridgehead atoms. The number of anilines is 3. The standard InChI is InChI=1S/C18H18N4O/c1-2-4-17-16(3-1)18(20-13-19-17)21-14-5-7-15(8-6-14)22-9-11-23-12-10-22/h1-8,13H,9-12H2,(H,19,20,21). The fourth-order valence-corrected chi connectivity index (χ4v) is 2.82. The Morgan fingerprint density at radius 1 is 0.913 bits per heavy atom. The van der Waals surface area contributed by atoms with Gasteiger partial charge in [-0.25, -0.2) is 9.97 Å². The number of morpholine rings is 1. The number of fused-ring (bicyclic) bond motifs is 1. The Balaban J connectivity index is 1.56. The predicted molar refractivity (Wildman–Crippen MR) is 92.3 cm³/mol. The fourth-order valence-electron chi connectivity index (χ4n) is 2.82. The summed E-state index contributed by atoms with van der Waals surface area (Å²) in [5, 5.41) is 4.40. The maximum absolute atomic E-state index is 5.40. The third-order valence-corrected chi connectivity index (χ3v) is 4.05. The lowest BCUT2D eigenvalue weighted by atomic mass is 10.2. The molecular formula is C18H18N4O. The van der Waals surface area contributed by atoms with E-state index >= 15 is 0 Å². The Morgan fingerprint density at radius 2 is 1.70 bits per heavy atom. The summed E-state index contributed by atoms with van der Waals surface area (Å²) < 4.78 is 5.40. The summed E-state index contributed by atoms with van der Waals surface area (Å²) in [6.45, 7) is 3.49. The highest BCUT2D eigenvalue weighted by atomic mass is 16.5. The largest absolute Gasteiger partial charge is 0.378 e. The molecule has 4 rings (SSSR count). The molecule has 0 saturated carbocycles. The van der Waals surface area contributed by atoms with E-state index in [1.54, 1.807) is 6.33 Å². The second-order valence-electron chi connectivity index (χ2n) is 5.51. The van der Waals surface area contributed by atoms with E-state index in [-0.39, 0.29) is 0 Å². The van der Waals surface area contributed by atoms with Crippen molar-refractivity contribution in [1.82, 2.24) is 9.97 Å². The van der Waals surface area contributed by atoms with Crippen molar-refractivity contribution < 1.29 is 4.74 Å². The molecule has 0 radical (unpaired) electrons. The van der Waals surface area contributed by atoms with E-state index < -0.39 is 0 Å². The molecule has 0 unspecified atom stereocenters. The molecule has 23 heavy (non-hydrogen) atoms. The first kappa shape index (κ1) is 14.0. The Hall–Kier alpha value is -2.66. The molecule has 0 atom stereocenters. The summed E-state index contributed by atoms with van der Waals surface area (Å²) in [4.78, 5) is 11.0. The van der Waals surface area contributed by atoms with E-state index in [0.717, 1.165) is 48.7 Å². The number of hydrogen-bond acceptors (Lipinski definition) is 5. The van der Waals surface area contributed by atoms with E-state index in [0.29, 0.717) is 0 Å². The van der Waals surface area contributed by atoms with Crippen LogP contribution in [-0.4, -0.2) is 36.3 Å². The summed E-state index contributed by atoms with van der Waals surface area (Å²) in [5.41, 5.74) is 3.19. The van der Waals surface area contributed by atoms with Gasteiger partial charge in [-0.05, 0) is 36.4 Å². The minimum Gasteiger partial charge on any atom is -0.378 e. The van der Waals surface area contributed by atoms with E-state index in [9.17, 15) is 0 Å². The van der Waals surface area contributed by atoms with Gasteiger partial charge >= 0.3 is 0 Å². The third kappa shape index (κ3) is 2.96. The smallest absolute Gasteiger partial charge is 0.141 e. The van der Waals surface area contributed by atoms with Crippen LogP contribution < -0.4 is 10.2 Å². The zero-order valence-corrected chi connectivity index (χ0v) is 12.8. The third-order valence-electron chi connectivity index (χ3n) is 4.05. The van der Waals surface area contributed by atoms with Crippen LogP contribution in [-0.2, 0) is 4.74 Å². The van der Waals surface area contributed by atoms with Gasteiger partial charge in [-0.2, -0.15) is 0 Å². The van der Waals surface area contributed by atoms with Crippen molar-refractivity contribution in [3.63, 3.8) is 0 Å². The SMILES string of the molecule is c1ccc2c(Nc3ccc(N4CCOCC4)cc3)ncnc2c1. The van der Waals surface area contributed by atoms with Crippen molar-refractivity contribution in [2.45, 2.75) is 0 Å². The molecule has 1 fully saturated rings. The van der Waals surface area contributed by atoms with Crippen molar-refractivity contribution in [2.24, 2.45) is 0 Å². The van der Waals surface area contributed by atoms with Gasteiger partial charge in [0.2, 0.25) is 0 Å². The fraction of sp³-hybridized carbons (Fsp3) is 0.222. The molecule has 1 aliphatic heterocycles. The normalized spacial score (nSPS) is 14.9. The second-order valence-corrected chi connectivity index (χ2v) is 5.51. The van der Waals surface area contributed by atoms with E-state index in [2.05, 4.69) is 44.5 Å². The van der Waals surface area contributed by atoms with Gasteiger partial charge in [0.15, 0.2) is 0 Å². The van der Waals surface area contributed by atoms with Crippen LogP contribution in [0.5, 0.6) is 0 Å². The van der Waals surface area contributed by atoms with Gasteiger partial charge in [0, 0.05) is 29.9 Å². The van der Waals surface area contributed by atoms with Crippen molar-refractivity contribution in [3.8, 4) is 0 Å². The molecule has 0 aliphatic carbocycles. The molecule has 2 heterocycles. The first-order valence-corrected chi connectivity index (χ1v) is 7.80. The van der Waals surface area contributed by atoms with Crippen LogP contribution in [0, 0.1) is 0 Å². The molecule has 1 aliphatic rings. The van der Waals surface area contributed by atoms with Crippen LogP contribution in [0.3, 0.4) is 0 Å². The summed E-state index contributed by atoms with van der Waals surface area (Å²) in [6, 6.07) is 16.4. The molecule has 1 saturated heterocycles. The van der Waals surface area contributed by atoms with Gasteiger partial charge in [-0.3, -0.25) is 0 Å². The monoisotopic (exact) mass is 306 g/mol. The number of aromatic nitrogens is 2. The predicted octanol–water partition coefficient (Wildman–Crippen LogP) is 3.21. The Kier molecular flexibility index (Phi) is 3.78. The molecule has 5 heteroatoms. The minimum atomic E-state index is 0.799. The van der Waals surface area contributed by atoms with Crippen molar-refractivity contribution >= 4 is 28.1 Å². The number of ether oxygens (including phenoxy) is 1. The zero-order chi connectivity index (χ0) is 15.5. The van der Waals surface area contributed by atoms with Crippen molar-refractivity contribution in [2.75, 3.05) is 36.5 Å². The first-order valence-electron chi connectivity index (χ1n) is 7.80. The number of rotatable bonds is 3. The first-order chi connectivity index (χ1) is 11.4. The average Bonchev–Trinajstić information content (AvgIpc) is 2.63. The molecule has 1 aromatic heterocycles. The molecule has 5 nitrogen and oxygen atoms in total. The highest BCUT2D eigenvalue weighted by Gasteiger charge is 2.11. The Labute approximate surface area is 134 Å². The Bertz CT molecular complexity index is 792.